The Morgan fingerprint density at radius 1 is 1.89 bits per heavy atom. The molecule has 9 heavy (non-hydrogen) atoms. The third kappa shape index (κ3) is 4.29. The number of hydrogen-bond donors (Lipinski definition) is 3. The summed E-state index contributed by atoms with van der Waals surface area (Å²) in [6.07, 6.45) is 0. The van der Waals surface area contributed by atoms with E-state index in [1.54, 1.807) is 11.9 Å². The van der Waals surface area contributed by atoms with Gasteiger partial charge in [0.05, 0.1) is 0 Å². The molecule has 0 aromatic heterocycles. The molecule has 0 aromatic carbocycles. The van der Waals surface area contributed by atoms with Gasteiger partial charge in [-0.2, -0.15) is 0 Å². The van der Waals surface area contributed by atoms with Crippen LogP contribution >= 0.6 is 12.6 Å². The molecular formula is C5H13N3S. The van der Waals surface area contributed by atoms with Crippen LogP contribution < -0.4 is 5.73 Å². The van der Waals surface area contributed by atoms with Crippen molar-refractivity contribution in [1.82, 2.24) is 4.90 Å². The van der Waals surface area contributed by atoms with Crippen molar-refractivity contribution < 1.29 is 0 Å². The Morgan fingerprint density at radius 2 is 2.33 bits per heavy atom. The molecule has 0 rings (SSSR count). The molecule has 0 fully saturated rings. The number of thiol groups is 1. The first-order valence-electron chi connectivity index (χ1n) is 2.78. The van der Waals surface area contributed by atoms with Crippen LogP contribution in [-0.2, 0) is 0 Å². The summed E-state index contributed by atoms with van der Waals surface area (Å²) < 4.78 is 0. The van der Waals surface area contributed by atoms with Gasteiger partial charge in [-0.1, -0.05) is 0 Å². The lowest BCUT2D eigenvalue weighted by Crippen LogP contribution is -2.34. The fraction of sp³-hybridized carbons (Fsp3) is 0.800. The highest BCUT2D eigenvalue weighted by Crippen LogP contribution is 1.89. The van der Waals surface area contributed by atoms with E-state index in [1.165, 1.54) is 0 Å². The van der Waals surface area contributed by atoms with E-state index in [0.717, 1.165) is 0 Å². The molecule has 0 aromatic rings. The van der Waals surface area contributed by atoms with Crippen molar-refractivity contribution in [2.75, 3.05) is 13.6 Å². The van der Waals surface area contributed by atoms with Crippen molar-refractivity contribution >= 4 is 17.8 Å². The number of nitrogens with zero attached hydrogens (tertiary/aromatic N) is 1. The monoisotopic (exact) mass is 147 g/mol. The highest BCUT2D eigenvalue weighted by molar-refractivity contribution is 7.96. The maximum absolute atomic E-state index is 7.03. The van der Waals surface area contributed by atoms with Crippen molar-refractivity contribution in [2.45, 2.75) is 13.0 Å². The maximum Gasteiger partial charge on any atom is 0.152 e. The minimum absolute atomic E-state index is 0.0995. The average molecular weight is 147 g/mol. The minimum atomic E-state index is 0.0995. The van der Waals surface area contributed by atoms with E-state index >= 15 is 0 Å². The molecule has 54 valence electrons. The molecule has 0 amide bonds. The number of likely N-dealkylation sites (N-methyl/N-ethyl adjacent to an activating group) is 1. The van der Waals surface area contributed by atoms with Crippen LogP contribution in [0.4, 0.5) is 0 Å². The summed E-state index contributed by atoms with van der Waals surface area (Å²) >= 11 is 3.82. The van der Waals surface area contributed by atoms with Gasteiger partial charge in [-0.3, -0.25) is 5.41 Å². The topological polar surface area (TPSA) is 53.1 Å². The normalized spacial score (nSPS) is 12.9. The molecule has 0 saturated heterocycles. The first-order chi connectivity index (χ1) is 4.04. The van der Waals surface area contributed by atoms with E-state index in [2.05, 4.69) is 12.6 Å². The second-order valence-electron chi connectivity index (χ2n) is 2.18. The lowest BCUT2D eigenvalue weighted by Gasteiger charge is -2.17. The molecule has 0 bridgehead atoms. The number of hydrogen-bond acceptors (Lipinski definition) is 2. The van der Waals surface area contributed by atoms with Crippen LogP contribution in [0.25, 0.3) is 0 Å². The van der Waals surface area contributed by atoms with Crippen LogP contribution in [0.3, 0.4) is 0 Å². The molecule has 3 N–H and O–H groups in total. The highest BCUT2D eigenvalue weighted by Gasteiger charge is 2.00. The Balaban J connectivity index is 3.50. The Labute approximate surface area is 61.1 Å². The molecular weight excluding hydrogens is 134 g/mol. The van der Waals surface area contributed by atoms with Gasteiger partial charge < -0.3 is 10.6 Å². The van der Waals surface area contributed by atoms with Gasteiger partial charge in [-0.05, 0) is 6.92 Å². The molecule has 0 saturated carbocycles. The summed E-state index contributed by atoms with van der Waals surface area (Å²) in [7, 11) is 1.79. The van der Waals surface area contributed by atoms with Crippen molar-refractivity contribution in [3.8, 4) is 0 Å². The number of rotatable bonds is 2. The Kier molecular flexibility index (Phi) is 3.65. The van der Waals surface area contributed by atoms with Crippen LogP contribution in [0.1, 0.15) is 6.92 Å². The minimum Gasteiger partial charge on any atom is -0.353 e. The zero-order valence-electron chi connectivity index (χ0n) is 5.76. The van der Waals surface area contributed by atoms with Gasteiger partial charge in [0.1, 0.15) is 0 Å². The van der Waals surface area contributed by atoms with E-state index in [1.807, 2.05) is 6.92 Å². The van der Waals surface area contributed by atoms with Crippen molar-refractivity contribution in [3.63, 3.8) is 0 Å². The number of nitrogens with one attached hydrogen (secondary N) is 1. The second kappa shape index (κ2) is 3.74. The largest absolute Gasteiger partial charge is 0.353 e. The summed E-state index contributed by atoms with van der Waals surface area (Å²) in [5.41, 5.74) is 5.46. The summed E-state index contributed by atoms with van der Waals surface area (Å²) in [4.78, 5) is 1.69. The van der Waals surface area contributed by atoms with E-state index in [4.69, 9.17) is 11.1 Å². The lowest BCUT2D eigenvalue weighted by atomic mass is 10.3. The fourth-order valence-corrected chi connectivity index (χ4v) is 0.600. The van der Waals surface area contributed by atoms with Gasteiger partial charge in [0.2, 0.25) is 0 Å². The SMILES string of the molecule is CC(N)CN(C)C(=N)S. The van der Waals surface area contributed by atoms with Crippen LogP contribution in [0, 0.1) is 5.41 Å². The summed E-state index contributed by atoms with van der Waals surface area (Å²) in [5.74, 6) is 0. The highest BCUT2D eigenvalue weighted by atomic mass is 32.1. The van der Waals surface area contributed by atoms with Gasteiger partial charge in [0.15, 0.2) is 5.17 Å². The molecule has 0 aliphatic rings. The van der Waals surface area contributed by atoms with E-state index in [0.29, 0.717) is 6.54 Å². The fourth-order valence-electron chi connectivity index (χ4n) is 0.518. The molecule has 0 spiro atoms. The molecule has 4 heteroatoms. The lowest BCUT2D eigenvalue weighted by molar-refractivity contribution is 0.469. The van der Waals surface area contributed by atoms with Crippen molar-refractivity contribution in [2.24, 2.45) is 5.73 Å². The van der Waals surface area contributed by atoms with Gasteiger partial charge in [-0.15, -0.1) is 12.6 Å². The third-order valence-corrected chi connectivity index (χ3v) is 1.26. The van der Waals surface area contributed by atoms with Crippen LogP contribution in [0.2, 0.25) is 0 Å². The third-order valence-electron chi connectivity index (χ3n) is 0.923. The molecule has 1 atom stereocenters. The zero-order valence-corrected chi connectivity index (χ0v) is 6.65. The first-order valence-corrected chi connectivity index (χ1v) is 3.23. The number of nitrogens with two attached hydrogens (primary N) is 1. The van der Waals surface area contributed by atoms with E-state index in [9.17, 15) is 0 Å². The molecule has 3 nitrogen and oxygen atoms in total. The summed E-state index contributed by atoms with van der Waals surface area (Å²) in [6, 6.07) is 0.0995. The van der Waals surface area contributed by atoms with Gasteiger partial charge >= 0.3 is 0 Å². The first kappa shape index (κ1) is 8.78. The standard InChI is InChI=1S/C5H13N3S/c1-4(6)3-8(2)5(7)9/h4H,3,6H2,1-2H3,(H2,7,9). The predicted octanol–water partition coefficient (Wildman–Crippen LogP) is 0.130. The molecule has 0 aliphatic carbocycles. The van der Waals surface area contributed by atoms with Crippen LogP contribution in [0.15, 0.2) is 0 Å². The molecule has 1 unspecified atom stereocenters. The quantitative estimate of drug-likeness (QED) is 0.295. The zero-order chi connectivity index (χ0) is 7.44. The summed E-state index contributed by atoms with van der Waals surface area (Å²) in [5, 5.41) is 7.28. The Morgan fingerprint density at radius 3 is 2.44 bits per heavy atom. The predicted molar refractivity (Wildman–Crippen MR) is 43.0 cm³/mol. The smallest absolute Gasteiger partial charge is 0.152 e. The average Bonchev–Trinajstić information content (AvgIpc) is 1.63. The molecule has 0 aliphatic heterocycles. The second-order valence-corrected chi connectivity index (χ2v) is 2.61. The Bertz CT molecular complexity index is 102. The number of amidine groups is 1. The van der Waals surface area contributed by atoms with Crippen molar-refractivity contribution in [3.05, 3.63) is 0 Å². The van der Waals surface area contributed by atoms with E-state index in [-0.39, 0.29) is 11.2 Å². The van der Waals surface area contributed by atoms with E-state index < -0.39 is 0 Å². The van der Waals surface area contributed by atoms with Gasteiger partial charge in [-0.25, -0.2) is 0 Å². The van der Waals surface area contributed by atoms with Crippen LogP contribution in [-0.4, -0.2) is 29.7 Å². The summed E-state index contributed by atoms with van der Waals surface area (Å²) in [6.45, 7) is 2.58. The Hall–Kier alpha value is -0.220. The van der Waals surface area contributed by atoms with Crippen LogP contribution in [0.5, 0.6) is 0 Å². The van der Waals surface area contributed by atoms with Crippen molar-refractivity contribution in [1.29, 1.82) is 5.41 Å². The molecule has 0 heterocycles. The van der Waals surface area contributed by atoms with Gasteiger partial charge in [0.25, 0.3) is 0 Å². The molecule has 0 radical (unpaired) electrons. The van der Waals surface area contributed by atoms with Gasteiger partial charge in [0, 0.05) is 19.6 Å². The maximum atomic E-state index is 7.03.